The van der Waals surface area contributed by atoms with Crippen molar-refractivity contribution in [3.8, 4) is 6.07 Å². The number of nitriles is 1. The van der Waals surface area contributed by atoms with Gasteiger partial charge in [0.1, 0.15) is 6.07 Å². The smallest absolute Gasteiger partial charge is 0.101 e. The van der Waals surface area contributed by atoms with Crippen LogP contribution in [-0.4, -0.2) is 11.7 Å². The third-order valence-corrected chi connectivity index (χ3v) is 3.92. The number of rotatable bonds is 5. The summed E-state index contributed by atoms with van der Waals surface area (Å²) in [6.45, 7) is 2.38. The molecular weight excluding hydrogens is 328 g/mol. The lowest BCUT2D eigenvalue weighted by Gasteiger charge is -2.24. The Hall–Kier alpha value is -1.83. The lowest BCUT2D eigenvalue weighted by molar-refractivity contribution is 0.0515. The highest BCUT2D eigenvalue weighted by Gasteiger charge is 2.22. The molecule has 0 bridgehead atoms. The van der Waals surface area contributed by atoms with Gasteiger partial charge in [0.15, 0.2) is 0 Å². The monoisotopic (exact) mass is 344 g/mol. The molecule has 0 fully saturated rings. The van der Waals surface area contributed by atoms with E-state index in [2.05, 4.69) is 27.3 Å². The van der Waals surface area contributed by atoms with E-state index in [0.717, 1.165) is 15.7 Å². The molecule has 1 atom stereocenters. The first-order valence-electron chi connectivity index (χ1n) is 6.74. The second-order valence-electron chi connectivity index (χ2n) is 5.12. The molecule has 3 nitrogen and oxygen atoms in total. The van der Waals surface area contributed by atoms with E-state index in [1.807, 2.05) is 42.5 Å². The maximum Gasteiger partial charge on any atom is 0.101 e. The van der Waals surface area contributed by atoms with Gasteiger partial charge in [0.2, 0.25) is 0 Å². The van der Waals surface area contributed by atoms with E-state index in [-0.39, 0.29) is 0 Å². The third kappa shape index (κ3) is 4.07. The predicted octanol–water partition coefficient (Wildman–Crippen LogP) is 4.03. The Morgan fingerprint density at radius 3 is 2.62 bits per heavy atom. The van der Waals surface area contributed by atoms with Crippen molar-refractivity contribution in [2.45, 2.75) is 18.9 Å². The van der Waals surface area contributed by atoms with E-state index in [1.54, 1.807) is 13.0 Å². The van der Waals surface area contributed by atoms with Crippen LogP contribution in [0.4, 0.5) is 5.69 Å². The van der Waals surface area contributed by atoms with Gasteiger partial charge in [0.05, 0.1) is 16.9 Å². The Labute approximate surface area is 133 Å². The van der Waals surface area contributed by atoms with Gasteiger partial charge in [-0.1, -0.05) is 46.3 Å². The molecule has 108 valence electrons. The lowest BCUT2D eigenvalue weighted by Crippen LogP contribution is -2.24. The van der Waals surface area contributed by atoms with Gasteiger partial charge in [-0.3, -0.25) is 0 Å². The summed E-state index contributed by atoms with van der Waals surface area (Å²) in [7, 11) is 0. The van der Waals surface area contributed by atoms with Crippen LogP contribution in [0.1, 0.15) is 24.5 Å². The standard InChI is InChI=1S/C17H17BrN2O/c1-17(21,14-5-3-2-4-6-14)9-10-20-16-8-7-15(18)11-13(16)12-19/h2-8,11,20-21H,9-10H2,1H3. The highest BCUT2D eigenvalue weighted by molar-refractivity contribution is 9.10. The molecule has 21 heavy (non-hydrogen) atoms. The van der Waals surface area contributed by atoms with Crippen molar-refractivity contribution in [1.29, 1.82) is 5.26 Å². The summed E-state index contributed by atoms with van der Waals surface area (Å²) in [6, 6.07) is 17.3. The van der Waals surface area contributed by atoms with Crippen LogP contribution in [0.15, 0.2) is 53.0 Å². The van der Waals surface area contributed by atoms with E-state index in [1.165, 1.54) is 0 Å². The molecule has 0 radical (unpaired) electrons. The van der Waals surface area contributed by atoms with Crippen LogP contribution in [0.3, 0.4) is 0 Å². The highest BCUT2D eigenvalue weighted by Crippen LogP contribution is 2.25. The molecule has 2 rings (SSSR count). The number of anilines is 1. The fourth-order valence-corrected chi connectivity index (χ4v) is 2.51. The summed E-state index contributed by atoms with van der Waals surface area (Å²) in [4.78, 5) is 0. The Bertz CT molecular complexity index is 648. The molecule has 0 heterocycles. The maximum absolute atomic E-state index is 10.5. The first-order chi connectivity index (χ1) is 10.0. The van der Waals surface area contributed by atoms with Crippen molar-refractivity contribution in [2.75, 3.05) is 11.9 Å². The largest absolute Gasteiger partial charge is 0.385 e. The summed E-state index contributed by atoms with van der Waals surface area (Å²) < 4.78 is 0.876. The van der Waals surface area contributed by atoms with Crippen molar-refractivity contribution >= 4 is 21.6 Å². The number of hydrogen-bond donors (Lipinski definition) is 2. The normalized spacial score (nSPS) is 13.2. The minimum atomic E-state index is -0.892. The first kappa shape index (κ1) is 15.6. The van der Waals surface area contributed by atoms with Crippen molar-refractivity contribution < 1.29 is 5.11 Å². The number of benzene rings is 2. The number of nitrogens with one attached hydrogen (secondary N) is 1. The van der Waals surface area contributed by atoms with Crippen LogP contribution < -0.4 is 5.32 Å². The minimum Gasteiger partial charge on any atom is -0.385 e. The summed E-state index contributed by atoms with van der Waals surface area (Å²) >= 11 is 3.35. The molecule has 1 unspecified atom stereocenters. The molecule has 0 aliphatic rings. The maximum atomic E-state index is 10.5. The van der Waals surface area contributed by atoms with E-state index in [0.29, 0.717) is 18.5 Å². The molecule has 0 aromatic heterocycles. The van der Waals surface area contributed by atoms with Crippen LogP contribution >= 0.6 is 15.9 Å². The van der Waals surface area contributed by atoms with Gasteiger partial charge in [-0.25, -0.2) is 0 Å². The molecule has 2 N–H and O–H groups in total. The molecule has 0 aliphatic heterocycles. The highest BCUT2D eigenvalue weighted by atomic mass is 79.9. The molecule has 0 amide bonds. The van der Waals surface area contributed by atoms with Crippen molar-refractivity contribution in [2.24, 2.45) is 0 Å². The SMILES string of the molecule is CC(O)(CCNc1ccc(Br)cc1C#N)c1ccccc1. The number of hydrogen-bond acceptors (Lipinski definition) is 3. The van der Waals surface area contributed by atoms with E-state index >= 15 is 0 Å². The Balaban J connectivity index is 2.00. The average Bonchev–Trinajstić information content (AvgIpc) is 2.49. The zero-order valence-electron chi connectivity index (χ0n) is 11.8. The van der Waals surface area contributed by atoms with Crippen molar-refractivity contribution in [3.05, 3.63) is 64.1 Å². The summed E-state index contributed by atoms with van der Waals surface area (Å²) in [5, 5.41) is 22.9. The van der Waals surface area contributed by atoms with Gasteiger partial charge in [0.25, 0.3) is 0 Å². The van der Waals surface area contributed by atoms with Crippen molar-refractivity contribution in [3.63, 3.8) is 0 Å². The van der Waals surface area contributed by atoms with Crippen molar-refractivity contribution in [1.82, 2.24) is 0 Å². The van der Waals surface area contributed by atoms with E-state index in [9.17, 15) is 5.11 Å². The summed E-state index contributed by atoms with van der Waals surface area (Å²) in [5.41, 5.74) is 1.37. The molecule has 2 aromatic rings. The van der Waals surface area contributed by atoms with Gasteiger partial charge in [-0.2, -0.15) is 5.26 Å². The van der Waals surface area contributed by atoms with Crippen LogP contribution in [0.2, 0.25) is 0 Å². The quantitative estimate of drug-likeness (QED) is 0.860. The lowest BCUT2D eigenvalue weighted by atomic mass is 9.92. The van der Waals surface area contributed by atoms with Gasteiger partial charge >= 0.3 is 0 Å². The second-order valence-corrected chi connectivity index (χ2v) is 6.03. The molecule has 0 spiro atoms. The minimum absolute atomic E-state index is 0.554. The Morgan fingerprint density at radius 2 is 1.95 bits per heavy atom. The average molecular weight is 345 g/mol. The van der Waals surface area contributed by atoms with Gasteiger partial charge in [-0.05, 0) is 37.1 Å². The second kappa shape index (κ2) is 6.75. The number of halogens is 1. The van der Waals surface area contributed by atoms with E-state index < -0.39 is 5.60 Å². The molecule has 4 heteroatoms. The van der Waals surface area contributed by atoms with Gasteiger partial charge in [-0.15, -0.1) is 0 Å². The van der Waals surface area contributed by atoms with Crippen LogP contribution in [0.25, 0.3) is 0 Å². The molecule has 0 aliphatic carbocycles. The molecular formula is C17H17BrN2O. The topological polar surface area (TPSA) is 56.0 Å². The zero-order valence-corrected chi connectivity index (χ0v) is 13.4. The molecule has 0 saturated heterocycles. The van der Waals surface area contributed by atoms with Crippen LogP contribution in [0, 0.1) is 11.3 Å². The van der Waals surface area contributed by atoms with Gasteiger partial charge in [0, 0.05) is 11.0 Å². The third-order valence-electron chi connectivity index (χ3n) is 3.43. The zero-order chi connectivity index (χ0) is 15.3. The number of nitrogens with zero attached hydrogens (tertiary/aromatic N) is 1. The summed E-state index contributed by atoms with van der Waals surface area (Å²) in [6.07, 6.45) is 0.554. The fraction of sp³-hybridized carbons (Fsp3) is 0.235. The van der Waals surface area contributed by atoms with Crippen LogP contribution in [0.5, 0.6) is 0 Å². The molecule has 2 aromatic carbocycles. The fourth-order valence-electron chi connectivity index (χ4n) is 2.15. The predicted molar refractivity (Wildman–Crippen MR) is 88.0 cm³/mol. The van der Waals surface area contributed by atoms with E-state index in [4.69, 9.17) is 5.26 Å². The first-order valence-corrected chi connectivity index (χ1v) is 7.54. The Kier molecular flexibility index (Phi) is 5.00. The van der Waals surface area contributed by atoms with Gasteiger partial charge < -0.3 is 10.4 Å². The molecule has 0 saturated carbocycles. The Morgan fingerprint density at radius 1 is 1.24 bits per heavy atom. The summed E-state index contributed by atoms with van der Waals surface area (Å²) in [5.74, 6) is 0. The van der Waals surface area contributed by atoms with Crippen LogP contribution in [-0.2, 0) is 5.60 Å². The number of aliphatic hydroxyl groups is 1.